The summed E-state index contributed by atoms with van der Waals surface area (Å²) in [5.41, 5.74) is 0.868. The number of rotatable bonds is 2. The fraction of sp³-hybridized carbons (Fsp3) is 0.700. The maximum Gasteiger partial charge on any atom is 0.101 e. The largest absolute Gasteiger partial charge is 0.386 e. The van der Waals surface area contributed by atoms with Crippen molar-refractivity contribution in [2.45, 2.75) is 25.6 Å². The number of aromatic nitrogens is 2. The Morgan fingerprint density at radius 3 is 3.00 bits per heavy atom. The van der Waals surface area contributed by atoms with E-state index >= 15 is 0 Å². The summed E-state index contributed by atoms with van der Waals surface area (Å²) in [6.07, 6.45) is 2.44. The van der Waals surface area contributed by atoms with Crippen LogP contribution in [0.4, 0.5) is 0 Å². The number of hydrogen-bond acceptors (Lipinski definition) is 3. The molecule has 0 bridgehead atoms. The van der Waals surface area contributed by atoms with Crippen LogP contribution in [0.1, 0.15) is 25.1 Å². The summed E-state index contributed by atoms with van der Waals surface area (Å²) in [5, 5.41) is 14.1. The van der Waals surface area contributed by atoms with Crippen LogP contribution in [0.15, 0.2) is 12.3 Å². The molecule has 0 radical (unpaired) electrons. The van der Waals surface area contributed by atoms with Gasteiger partial charge in [0.15, 0.2) is 0 Å². The first-order chi connectivity index (χ1) is 6.68. The number of aliphatic hydroxyl groups is 1. The van der Waals surface area contributed by atoms with Crippen LogP contribution in [0.3, 0.4) is 0 Å². The first kappa shape index (κ1) is 9.68. The molecule has 1 fully saturated rings. The molecule has 2 rings (SSSR count). The summed E-state index contributed by atoms with van der Waals surface area (Å²) in [5.74, 6) is 0.209. The molecule has 0 saturated carbocycles. The van der Waals surface area contributed by atoms with Crippen LogP contribution in [0.25, 0.3) is 0 Å². The molecular weight excluding hydrogens is 180 g/mol. The molecule has 1 aromatic heterocycles. The van der Waals surface area contributed by atoms with Crippen molar-refractivity contribution in [3.63, 3.8) is 0 Å². The molecular formula is C10H16N2O2. The molecule has 0 amide bonds. The maximum atomic E-state index is 10.1. The molecule has 1 saturated heterocycles. The molecule has 1 aromatic rings. The zero-order chi connectivity index (χ0) is 10.1. The van der Waals surface area contributed by atoms with E-state index in [1.165, 1.54) is 0 Å². The van der Waals surface area contributed by atoms with E-state index in [0.29, 0.717) is 6.61 Å². The molecule has 4 nitrogen and oxygen atoms in total. The molecule has 3 unspecified atom stereocenters. The molecule has 0 aromatic carbocycles. The Morgan fingerprint density at radius 1 is 1.71 bits per heavy atom. The minimum Gasteiger partial charge on any atom is -0.386 e. The zero-order valence-corrected chi connectivity index (χ0v) is 8.55. The predicted molar refractivity (Wildman–Crippen MR) is 51.7 cm³/mol. The number of aryl methyl sites for hydroxylation is 1. The third-order valence-electron chi connectivity index (χ3n) is 2.84. The van der Waals surface area contributed by atoms with Gasteiger partial charge in [-0.1, -0.05) is 0 Å². The summed E-state index contributed by atoms with van der Waals surface area (Å²) in [6, 6.07) is 1.85. The van der Waals surface area contributed by atoms with Crippen LogP contribution in [0, 0.1) is 5.92 Å². The standard InChI is InChI=1S/C10H16N2O2/c1-7-5-8(6-14-7)10(13)9-3-4-11-12(9)2/h3-4,7-8,10,13H,5-6H2,1-2H3. The lowest BCUT2D eigenvalue weighted by Crippen LogP contribution is -2.16. The van der Waals surface area contributed by atoms with Crippen molar-refractivity contribution in [1.82, 2.24) is 9.78 Å². The first-order valence-electron chi connectivity index (χ1n) is 4.96. The third-order valence-corrected chi connectivity index (χ3v) is 2.84. The normalized spacial score (nSPS) is 29.4. The summed E-state index contributed by atoms with van der Waals surface area (Å²) in [6.45, 7) is 2.68. The first-order valence-corrected chi connectivity index (χ1v) is 4.96. The number of hydrogen-bond donors (Lipinski definition) is 1. The van der Waals surface area contributed by atoms with Crippen LogP contribution in [-0.4, -0.2) is 27.6 Å². The van der Waals surface area contributed by atoms with Crippen LogP contribution in [0.2, 0.25) is 0 Å². The minimum atomic E-state index is -0.451. The van der Waals surface area contributed by atoms with Crippen LogP contribution in [-0.2, 0) is 11.8 Å². The van der Waals surface area contributed by atoms with Crippen LogP contribution < -0.4 is 0 Å². The second-order valence-electron chi connectivity index (χ2n) is 3.96. The number of ether oxygens (including phenoxy) is 1. The smallest absolute Gasteiger partial charge is 0.101 e. The highest BCUT2D eigenvalue weighted by Crippen LogP contribution is 2.30. The van der Waals surface area contributed by atoms with Gasteiger partial charge in [-0.2, -0.15) is 5.10 Å². The van der Waals surface area contributed by atoms with Crippen LogP contribution in [0.5, 0.6) is 0 Å². The Hall–Kier alpha value is -0.870. The molecule has 2 heterocycles. The maximum absolute atomic E-state index is 10.1. The second kappa shape index (κ2) is 3.71. The van der Waals surface area contributed by atoms with Gasteiger partial charge < -0.3 is 9.84 Å². The molecule has 1 aliphatic heterocycles. The molecule has 1 N–H and O–H groups in total. The van der Waals surface area contributed by atoms with E-state index < -0.39 is 6.10 Å². The molecule has 1 aliphatic rings. The van der Waals surface area contributed by atoms with Gasteiger partial charge in [-0.05, 0) is 19.4 Å². The van der Waals surface area contributed by atoms with Crippen molar-refractivity contribution in [3.8, 4) is 0 Å². The molecule has 4 heteroatoms. The third kappa shape index (κ3) is 1.67. The van der Waals surface area contributed by atoms with E-state index in [-0.39, 0.29) is 12.0 Å². The van der Waals surface area contributed by atoms with Gasteiger partial charge in [0.1, 0.15) is 6.10 Å². The SMILES string of the molecule is CC1CC(C(O)c2ccnn2C)CO1. The van der Waals surface area contributed by atoms with Crippen molar-refractivity contribution in [2.75, 3.05) is 6.61 Å². The van der Waals surface area contributed by atoms with Gasteiger partial charge in [-0.15, -0.1) is 0 Å². The van der Waals surface area contributed by atoms with E-state index in [1.54, 1.807) is 10.9 Å². The van der Waals surface area contributed by atoms with Crippen molar-refractivity contribution < 1.29 is 9.84 Å². The summed E-state index contributed by atoms with van der Waals surface area (Å²) >= 11 is 0. The highest BCUT2D eigenvalue weighted by Gasteiger charge is 2.30. The zero-order valence-electron chi connectivity index (χ0n) is 8.55. The lowest BCUT2D eigenvalue weighted by molar-refractivity contribution is 0.0759. The molecule has 14 heavy (non-hydrogen) atoms. The molecule has 3 atom stereocenters. The Labute approximate surface area is 83.5 Å². The van der Waals surface area contributed by atoms with E-state index in [1.807, 2.05) is 20.0 Å². The topological polar surface area (TPSA) is 47.3 Å². The number of nitrogens with zero attached hydrogens (tertiary/aromatic N) is 2. The van der Waals surface area contributed by atoms with Gasteiger partial charge in [0, 0.05) is 19.2 Å². The van der Waals surface area contributed by atoms with Gasteiger partial charge >= 0.3 is 0 Å². The van der Waals surface area contributed by atoms with Gasteiger partial charge in [0.2, 0.25) is 0 Å². The van der Waals surface area contributed by atoms with Gasteiger partial charge in [-0.25, -0.2) is 0 Å². The van der Waals surface area contributed by atoms with Crippen molar-refractivity contribution >= 4 is 0 Å². The fourth-order valence-corrected chi connectivity index (χ4v) is 1.99. The van der Waals surface area contributed by atoms with Gasteiger partial charge in [-0.3, -0.25) is 4.68 Å². The fourth-order valence-electron chi connectivity index (χ4n) is 1.99. The predicted octanol–water partition coefficient (Wildman–Crippen LogP) is 0.878. The van der Waals surface area contributed by atoms with Crippen molar-refractivity contribution in [1.29, 1.82) is 0 Å². The molecule has 0 spiro atoms. The van der Waals surface area contributed by atoms with Gasteiger partial charge in [0.05, 0.1) is 18.4 Å². The quantitative estimate of drug-likeness (QED) is 0.763. The van der Waals surface area contributed by atoms with Crippen LogP contribution >= 0.6 is 0 Å². The summed E-state index contributed by atoms with van der Waals surface area (Å²) < 4.78 is 7.15. The molecule has 78 valence electrons. The van der Waals surface area contributed by atoms with Gasteiger partial charge in [0.25, 0.3) is 0 Å². The Kier molecular flexibility index (Phi) is 2.56. The lowest BCUT2D eigenvalue weighted by Gasteiger charge is -2.16. The number of aliphatic hydroxyl groups excluding tert-OH is 1. The van der Waals surface area contributed by atoms with Crippen molar-refractivity contribution in [3.05, 3.63) is 18.0 Å². The average molecular weight is 196 g/mol. The lowest BCUT2D eigenvalue weighted by atomic mass is 9.97. The van der Waals surface area contributed by atoms with Crippen molar-refractivity contribution in [2.24, 2.45) is 13.0 Å². The second-order valence-corrected chi connectivity index (χ2v) is 3.96. The van der Waals surface area contributed by atoms with E-state index in [2.05, 4.69) is 5.10 Å². The minimum absolute atomic E-state index is 0.209. The highest BCUT2D eigenvalue weighted by atomic mass is 16.5. The Morgan fingerprint density at radius 2 is 2.50 bits per heavy atom. The average Bonchev–Trinajstić information content (AvgIpc) is 2.73. The Bertz CT molecular complexity index is 311. The molecule has 0 aliphatic carbocycles. The summed E-state index contributed by atoms with van der Waals surface area (Å²) in [7, 11) is 1.85. The monoisotopic (exact) mass is 196 g/mol. The highest BCUT2D eigenvalue weighted by molar-refractivity contribution is 5.06. The Balaban J connectivity index is 2.09. The van der Waals surface area contributed by atoms with E-state index in [9.17, 15) is 5.11 Å². The van der Waals surface area contributed by atoms with E-state index in [0.717, 1.165) is 12.1 Å². The summed E-state index contributed by atoms with van der Waals surface area (Å²) in [4.78, 5) is 0. The van der Waals surface area contributed by atoms with E-state index in [4.69, 9.17) is 4.74 Å².